The number of fused-ring (bicyclic) bond motifs is 1. The van der Waals surface area contributed by atoms with E-state index in [2.05, 4.69) is 10.8 Å². The summed E-state index contributed by atoms with van der Waals surface area (Å²) in [7, 11) is -3.38. The summed E-state index contributed by atoms with van der Waals surface area (Å²) < 4.78 is 46.8. The fourth-order valence-electron chi connectivity index (χ4n) is 3.58. The molecular weight excluding hydrogens is 417 g/mol. The summed E-state index contributed by atoms with van der Waals surface area (Å²) >= 11 is 0. The Morgan fingerprint density at radius 2 is 1.90 bits per heavy atom. The van der Waals surface area contributed by atoms with Gasteiger partial charge in [-0.2, -0.15) is 5.26 Å². The minimum absolute atomic E-state index is 0.0219. The van der Waals surface area contributed by atoms with Crippen LogP contribution in [0.15, 0.2) is 42.5 Å². The highest BCUT2D eigenvalue weighted by atomic mass is 32.2. The van der Waals surface area contributed by atoms with Crippen molar-refractivity contribution in [3.05, 3.63) is 48.0 Å². The van der Waals surface area contributed by atoms with Gasteiger partial charge in [-0.3, -0.25) is 4.72 Å². The van der Waals surface area contributed by atoms with Crippen molar-refractivity contribution in [1.82, 2.24) is 4.57 Å². The van der Waals surface area contributed by atoms with E-state index in [1.807, 2.05) is 30.5 Å². The highest BCUT2D eigenvalue weighted by Crippen LogP contribution is 2.35. The number of alkyl halides is 1. The smallest absolute Gasteiger partial charge is 0.232 e. The predicted octanol–water partition coefficient (Wildman–Crippen LogP) is 5.09. The van der Waals surface area contributed by atoms with E-state index >= 15 is 0 Å². The summed E-state index contributed by atoms with van der Waals surface area (Å²) in [5, 5.41) is 10.6. The molecule has 0 aliphatic heterocycles. The Labute approximate surface area is 182 Å². The number of anilines is 1. The number of benzene rings is 2. The zero-order valence-electron chi connectivity index (χ0n) is 17.7. The predicted molar refractivity (Wildman–Crippen MR) is 122 cm³/mol. The Hall–Kier alpha value is -3.05. The zero-order valence-corrected chi connectivity index (χ0v) is 18.5. The van der Waals surface area contributed by atoms with E-state index in [0.29, 0.717) is 30.0 Å². The van der Waals surface area contributed by atoms with Gasteiger partial charge in [-0.15, -0.1) is 0 Å². The molecule has 1 aromatic heterocycles. The van der Waals surface area contributed by atoms with Crippen LogP contribution in [0.5, 0.6) is 5.75 Å². The number of unbranched alkanes of at least 4 members (excludes halogenated alkanes) is 1. The standard InChI is InChI=1S/C23H26FN3O3S/c1-3-5-14-31(28,29)26-18-8-6-17(7-9-18)23-21(16-25)20-11-10-19(30-13-12-24)15-22(20)27(23)4-2/h6-11,15,26H,3-5,12-14H2,1-2H3. The molecule has 0 fully saturated rings. The minimum Gasteiger partial charge on any atom is -0.491 e. The Morgan fingerprint density at radius 1 is 1.16 bits per heavy atom. The van der Waals surface area contributed by atoms with Gasteiger partial charge in [0.2, 0.25) is 10.0 Å². The molecule has 0 aliphatic carbocycles. The van der Waals surface area contributed by atoms with Crippen molar-refractivity contribution in [1.29, 1.82) is 5.26 Å². The summed E-state index contributed by atoms with van der Waals surface area (Å²) in [4.78, 5) is 0. The Bertz CT molecular complexity index is 1200. The molecule has 3 rings (SSSR count). The molecular formula is C23H26FN3O3S. The van der Waals surface area contributed by atoms with E-state index in [-0.39, 0.29) is 12.4 Å². The van der Waals surface area contributed by atoms with Crippen molar-refractivity contribution in [3.63, 3.8) is 0 Å². The maximum Gasteiger partial charge on any atom is 0.232 e. The number of sulfonamides is 1. The average Bonchev–Trinajstić information content (AvgIpc) is 3.09. The largest absolute Gasteiger partial charge is 0.491 e. The third-order valence-corrected chi connectivity index (χ3v) is 6.38. The van der Waals surface area contributed by atoms with Gasteiger partial charge >= 0.3 is 0 Å². The third kappa shape index (κ3) is 5.00. The summed E-state index contributed by atoms with van der Waals surface area (Å²) in [6.07, 6.45) is 1.41. The second kappa shape index (κ2) is 9.84. The first-order valence-electron chi connectivity index (χ1n) is 10.3. The van der Waals surface area contributed by atoms with Gasteiger partial charge < -0.3 is 9.30 Å². The monoisotopic (exact) mass is 443 g/mol. The van der Waals surface area contributed by atoms with Gasteiger partial charge in [0.25, 0.3) is 0 Å². The van der Waals surface area contributed by atoms with Crippen LogP contribution in [0.1, 0.15) is 32.3 Å². The topological polar surface area (TPSA) is 84.1 Å². The molecule has 0 atom stereocenters. The molecule has 31 heavy (non-hydrogen) atoms. The van der Waals surface area contributed by atoms with Crippen molar-refractivity contribution in [2.75, 3.05) is 23.8 Å². The molecule has 0 spiro atoms. The molecule has 0 bridgehead atoms. The van der Waals surface area contributed by atoms with Crippen molar-refractivity contribution in [3.8, 4) is 23.1 Å². The minimum atomic E-state index is -3.38. The SMILES string of the molecule is CCCCS(=O)(=O)Nc1ccc(-c2c(C#N)c3ccc(OCCF)cc3n2CC)cc1. The highest BCUT2D eigenvalue weighted by molar-refractivity contribution is 7.92. The maximum absolute atomic E-state index is 12.5. The van der Waals surface area contributed by atoms with Crippen LogP contribution in [0.4, 0.5) is 10.1 Å². The van der Waals surface area contributed by atoms with Crippen molar-refractivity contribution in [2.24, 2.45) is 0 Å². The van der Waals surface area contributed by atoms with Gasteiger partial charge in [0.05, 0.1) is 22.5 Å². The summed E-state index contributed by atoms with van der Waals surface area (Å²) in [5.41, 5.74) is 3.40. The number of hydrogen-bond donors (Lipinski definition) is 1. The molecule has 0 unspecified atom stereocenters. The lowest BCUT2D eigenvalue weighted by atomic mass is 10.1. The van der Waals surface area contributed by atoms with Crippen LogP contribution >= 0.6 is 0 Å². The highest BCUT2D eigenvalue weighted by Gasteiger charge is 2.19. The Kier molecular flexibility index (Phi) is 7.18. The Morgan fingerprint density at radius 3 is 2.52 bits per heavy atom. The van der Waals surface area contributed by atoms with Crippen LogP contribution in [0.25, 0.3) is 22.2 Å². The molecule has 6 nitrogen and oxygen atoms in total. The van der Waals surface area contributed by atoms with E-state index in [9.17, 15) is 18.1 Å². The van der Waals surface area contributed by atoms with Crippen LogP contribution in [0.3, 0.4) is 0 Å². The van der Waals surface area contributed by atoms with Crippen LogP contribution < -0.4 is 9.46 Å². The van der Waals surface area contributed by atoms with Gasteiger partial charge in [-0.05, 0) is 43.2 Å². The van der Waals surface area contributed by atoms with Gasteiger partial charge in [0.15, 0.2) is 0 Å². The summed E-state index contributed by atoms with van der Waals surface area (Å²) in [5.74, 6) is 0.631. The quantitative estimate of drug-likeness (QED) is 0.473. The normalized spacial score (nSPS) is 11.4. The molecule has 1 heterocycles. The first-order chi connectivity index (χ1) is 14.9. The fourth-order valence-corrected chi connectivity index (χ4v) is 4.84. The number of hydrogen-bond acceptors (Lipinski definition) is 4. The van der Waals surface area contributed by atoms with E-state index in [1.54, 1.807) is 30.3 Å². The lowest BCUT2D eigenvalue weighted by Gasteiger charge is -2.11. The average molecular weight is 444 g/mol. The number of rotatable bonds is 10. The zero-order chi connectivity index (χ0) is 22.4. The van der Waals surface area contributed by atoms with Crippen molar-refractivity contribution in [2.45, 2.75) is 33.2 Å². The third-order valence-electron chi connectivity index (χ3n) is 5.01. The van der Waals surface area contributed by atoms with Crippen LogP contribution in [-0.2, 0) is 16.6 Å². The molecule has 0 saturated carbocycles. The first kappa shape index (κ1) is 22.6. The number of nitrogens with one attached hydrogen (secondary N) is 1. The molecule has 3 aromatic rings. The van der Waals surface area contributed by atoms with E-state index in [0.717, 1.165) is 28.6 Å². The van der Waals surface area contributed by atoms with E-state index < -0.39 is 16.7 Å². The molecule has 2 aromatic carbocycles. The van der Waals surface area contributed by atoms with Gasteiger partial charge in [-0.1, -0.05) is 25.5 Å². The van der Waals surface area contributed by atoms with Crippen LogP contribution in [0, 0.1) is 11.3 Å². The Balaban J connectivity index is 2.01. The number of halogens is 1. The van der Waals surface area contributed by atoms with E-state index in [1.165, 1.54) is 0 Å². The molecule has 0 radical (unpaired) electrons. The first-order valence-corrected chi connectivity index (χ1v) is 11.9. The van der Waals surface area contributed by atoms with Gasteiger partial charge in [-0.25, -0.2) is 12.8 Å². The number of nitriles is 1. The van der Waals surface area contributed by atoms with E-state index in [4.69, 9.17) is 4.74 Å². The number of aromatic nitrogens is 1. The lowest BCUT2D eigenvalue weighted by molar-refractivity contribution is 0.273. The second-order valence-electron chi connectivity index (χ2n) is 7.15. The second-order valence-corrected chi connectivity index (χ2v) is 8.99. The van der Waals surface area contributed by atoms with Crippen molar-refractivity contribution >= 4 is 26.6 Å². The van der Waals surface area contributed by atoms with Crippen molar-refractivity contribution < 1.29 is 17.5 Å². The number of ether oxygens (including phenoxy) is 1. The van der Waals surface area contributed by atoms with Gasteiger partial charge in [0.1, 0.15) is 25.1 Å². The van der Waals surface area contributed by atoms with Gasteiger partial charge in [0, 0.05) is 23.7 Å². The van der Waals surface area contributed by atoms with Crippen LogP contribution in [-0.4, -0.2) is 32.0 Å². The molecule has 0 aliphatic rings. The fraction of sp³-hybridized carbons (Fsp3) is 0.348. The maximum atomic E-state index is 12.5. The summed E-state index contributed by atoms with van der Waals surface area (Å²) in [6.45, 7) is 3.95. The van der Waals surface area contributed by atoms with Crippen LogP contribution in [0.2, 0.25) is 0 Å². The molecule has 0 saturated heterocycles. The number of aryl methyl sites for hydroxylation is 1. The molecule has 0 amide bonds. The lowest BCUT2D eigenvalue weighted by Crippen LogP contribution is -2.16. The summed E-state index contributed by atoms with van der Waals surface area (Å²) in [6, 6.07) is 14.7. The molecule has 8 heteroatoms. The molecule has 1 N–H and O–H groups in total. The number of nitrogens with zero attached hydrogens (tertiary/aromatic N) is 2. The molecule has 164 valence electrons.